The van der Waals surface area contributed by atoms with Crippen molar-refractivity contribution < 1.29 is 28.9 Å². The standard InChI is InChI=1S/C21H23FN4O5/c1-13-8-17(21(30)26(13)19-6-7-24(23-19)10-14(28)12-27)25-11-15(9-20(25)29)31-18-5-3-2-4-16(18)22/h2-7,9,13-14,17,27-28H,8,10-12H2,1H3/t13?,14-,17+/m1/s1. The van der Waals surface area contributed by atoms with Crippen LogP contribution in [0.2, 0.25) is 0 Å². The predicted octanol–water partition coefficient (Wildman–Crippen LogP) is 0.674. The summed E-state index contributed by atoms with van der Waals surface area (Å²) in [6.07, 6.45) is 2.35. The first-order chi connectivity index (χ1) is 14.9. The van der Waals surface area contributed by atoms with E-state index in [1.165, 1.54) is 32.7 Å². The number of benzene rings is 1. The first-order valence-electron chi connectivity index (χ1n) is 9.96. The molecule has 2 aliphatic rings. The lowest BCUT2D eigenvalue weighted by molar-refractivity contribution is -0.133. The molecule has 0 radical (unpaired) electrons. The Kier molecular flexibility index (Phi) is 5.75. The van der Waals surface area contributed by atoms with Crippen molar-refractivity contribution >= 4 is 17.6 Å². The van der Waals surface area contributed by atoms with Crippen LogP contribution in [0.15, 0.2) is 48.4 Å². The lowest BCUT2D eigenvalue weighted by Crippen LogP contribution is -2.43. The van der Waals surface area contributed by atoms with Gasteiger partial charge in [-0.2, -0.15) is 5.10 Å². The van der Waals surface area contributed by atoms with E-state index in [4.69, 9.17) is 9.84 Å². The zero-order valence-corrected chi connectivity index (χ0v) is 16.9. The summed E-state index contributed by atoms with van der Waals surface area (Å²) in [5.74, 6) is -0.465. The molecule has 2 amide bonds. The highest BCUT2D eigenvalue weighted by molar-refractivity contribution is 6.03. The first kappa shape index (κ1) is 21.0. The van der Waals surface area contributed by atoms with Crippen molar-refractivity contribution in [2.75, 3.05) is 18.1 Å². The maximum absolute atomic E-state index is 13.8. The molecule has 4 rings (SSSR count). The third-order valence-electron chi connectivity index (χ3n) is 5.36. The fraction of sp³-hybridized carbons (Fsp3) is 0.381. The Labute approximate surface area is 177 Å². The van der Waals surface area contributed by atoms with E-state index in [0.717, 1.165) is 0 Å². The molecule has 2 aliphatic heterocycles. The molecule has 1 aromatic carbocycles. The van der Waals surface area contributed by atoms with Crippen LogP contribution in [0.25, 0.3) is 0 Å². The van der Waals surface area contributed by atoms with Crippen molar-refractivity contribution in [3.63, 3.8) is 0 Å². The number of rotatable bonds is 7. The molecule has 1 saturated heterocycles. The van der Waals surface area contributed by atoms with Crippen molar-refractivity contribution in [3.8, 4) is 5.75 Å². The Hall–Kier alpha value is -3.24. The monoisotopic (exact) mass is 430 g/mol. The second-order valence-corrected chi connectivity index (χ2v) is 7.65. The first-order valence-corrected chi connectivity index (χ1v) is 9.96. The SMILES string of the molecule is CC1C[C@H](N2CC(Oc3ccccc3F)=CC2=O)C(=O)N1c1ccn(C[C@@H](O)CO)n1. The van der Waals surface area contributed by atoms with Gasteiger partial charge in [0.15, 0.2) is 17.4 Å². The highest BCUT2D eigenvalue weighted by Gasteiger charge is 2.45. The largest absolute Gasteiger partial charge is 0.457 e. The van der Waals surface area contributed by atoms with Crippen molar-refractivity contribution in [2.45, 2.75) is 38.1 Å². The highest BCUT2D eigenvalue weighted by atomic mass is 19.1. The molecule has 2 N–H and O–H groups in total. The van der Waals surface area contributed by atoms with E-state index in [9.17, 15) is 19.1 Å². The molecule has 3 heterocycles. The van der Waals surface area contributed by atoms with Gasteiger partial charge >= 0.3 is 0 Å². The van der Waals surface area contributed by atoms with Crippen molar-refractivity contribution in [2.24, 2.45) is 0 Å². The van der Waals surface area contributed by atoms with Crippen LogP contribution in [-0.4, -0.2) is 68.0 Å². The van der Waals surface area contributed by atoms with E-state index < -0.39 is 24.6 Å². The van der Waals surface area contributed by atoms with Gasteiger partial charge in [0.2, 0.25) is 0 Å². The number of carbonyl (C=O) groups is 2. The zero-order valence-electron chi connectivity index (χ0n) is 16.9. The van der Waals surface area contributed by atoms with Gasteiger partial charge in [-0.1, -0.05) is 12.1 Å². The van der Waals surface area contributed by atoms with Gasteiger partial charge in [0.1, 0.15) is 11.8 Å². The number of carbonyl (C=O) groups excluding carboxylic acids is 2. The second kappa shape index (κ2) is 8.48. The Morgan fingerprint density at radius 2 is 2.06 bits per heavy atom. The summed E-state index contributed by atoms with van der Waals surface area (Å²) in [6.45, 7) is 1.64. The summed E-state index contributed by atoms with van der Waals surface area (Å²) in [6, 6.07) is 6.67. The number of aliphatic hydroxyl groups is 2. The number of aromatic nitrogens is 2. The van der Waals surface area contributed by atoms with E-state index >= 15 is 0 Å². The van der Waals surface area contributed by atoms with E-state index in [-0.39, 0.29) is 42.5 Å². The maximum atomic E-state index is 13.8. The minimum absolute atomic E-state index is 0.0201. The summed E-state index contributed by atoms with van der Waals surface area (Å²) in [7, 11) is 0. The van der Waals surface area contributed by atoms with Gasteiger partial charge in [-0.15, -0.1) is 0 Å². The van der Waals surface area contributed by atoms with Gasteiger partial charge in [-0.05, 0) is 25.5 Å². The third-order valence-corrected chi connectivity index (χ3v) is 5.36. The predicted molar refractivity (Wildman–Crippen MR) is 107 cm³/mol. The molecular weight excluding hydrogens is 407 g/mol. The number of para-hydroxylation sites is 1. The fourth-order valence-corrected chi connectivity index (χ4v) is 3.87. The van der Waals surface area contributed by atoms with Gasteiger partial charge in [-0.25, -0.2) is 4.39 Å². The zero-order chi connectivity index (χ0) is 22.1. The highest BCUT2D eigenvalue weighted by Crippen LogP contribution is 2.31. The molecule has 31 heavy (non-hydrogen) atoms. The van der Waals surface area contributed by atoms with Crippen LogP contribution in [0.1, 0.15) is 13.3 Å². The van der Waals surface area contributed by atoms with Crippen molar-refractivity contribution in [1.29, 1.82) is 0 Å². The molecule has 0 saturated carbocycles. The molecular formula is C21H23FN4O5. The lowest BCUT2D eigenvalue weighted by Gasteiger charge is -2.23. The maximum Gasteiger partial charge on any atom is 0.251 e. The van der Waals surface area contributed by atoms with Gasteiger partial charge in [0.05, 0.1) is 25.8 Å². The van der Waals surface area contributed by atoms with Gasteiger partial charge < -0.3 is 19.8 Å². The van der Waals surface area contributed by atoms with Gasteiger partial charge in [0.25, 0.3) is 11.8 Å². The number of anilines is 1. The Balaban J connectivity index is 1.45. The minimum Gasteiger partial charge on any atom is -0.457 e. The second-order valence-electron chi connectivity index (χ2n) is 7.65. The van der Waals surface area contributed by atoms with Crippen LogP contribution < -0.4 is 9.64 Å². The van der Waals surface area contributed by atoms with Crippen molar-refractivity contribution in [3.05, 3.63) is 54.2 Å². The quantitative estimate of drug-likeness (QED) is 0.669. The molecule has 164 valence electrons. The summed E-state index contributed by atoms with van der Waals surface area (Å²) >= 11 is 0. The van der Waals surface area contributed by atoms with Crippen LogP contribution in [0, 0.1) is 5.82 Å². The average molecular weight is 430 g/mol. The smallest absolute Gasteiger partial charge is 0.251 e. The number of amides is 2. The van der Waals surface area contributed by atoms with Crippen LogP contribution in [-0.2, 0) is 16.1 Å². The number of ether oxygens (including phenoxy) is 1. The summed E-state index contributed by atoms with van der Waals surface area (Å²) in [4.78, 5) is 28.6. The number of halogens is 1. The number of hydrogen-bond acceptors (Lipinski definition) is 6. The van der Waals surface area contributed by atoms with Crippen LogP contribution >= 0.6 is 0 Å². The number of aliphatic hydroxyl groups excluding tert-OH is 2. The molecule has 0 aliphatic carbocycles. The van der Waals surface area contributed by atoms with Crippen LogP contribution in [0.3, 0.4) is 0 Å². The van der Waals surface area contributed by atoms with Gasteiger partial charge in [0, 0.05) is 24.4 Å². The lowest BCUT2D eigenvalue weighted by atomic mass is 10.1. The van der Waals surface area contributed by atoms with Gasteiger partial charge in [-0.3, -0.25) is 19.2 Å². The van der Waals surface area contributed by atoms with E-state index in [1.54, 1.807) is 24.4 Å². The molecule has 10 heteroatoms. The molecule has 1 unspecified atom stereocenters. The molecule has 0 bridgehead atoms. The Morgan fingerprint density at radius 3 is 2.81 bits per heavy atom. The molecule has 0 spiro atoms. The average Bonchev–Trinajstić information content (AvgIpc) is 3.41. The molecule has 3 atom stereocenters. The van der Waals surface area contributed by atoms with E-state index in [1.807, 2.05) is 6.92 Å². The van der Waals surface area contributed by atoms with Crippen LogP contribution in [0.4, 0.5) is 10.2 Å². The number of nitrogens with zero attached hydrogens (tertiary/aromatic N) is 4. The molecule has 9 nitrogen and oxygen atoms in total. The topological polar surface area (TPSA) is 108 Å². The fourth-order valence-electron chi connectivity index (χ4n) is 3.87. The molecule has 2 aromatic rings. The third kappa shape index (κ3) is 4.17. The van der Waals surface area contributed by atoms with Crippen molar-refractivity contribution in [1.82, 2.24) is 14.7 Å². The Morgan fingerprint density at radius 1 is 1.29 bits per heavy atom. The summed E-state index contributed by atoms with van der Waals surface area (Å²) < 4.78 is 20.8. The Bertz CT molecular complexity index is 1020. The summed E-state index contributed by atoms with van der Waals surface area (Å²) in [5.41, 5.74) is 0. The van der Waals surface area contributed by atoms with E-state index in [2.05, 4.69) is 5.10 Å². The summed E-state index contributed by atoms with van der Waals surface area (Å²) in [5, 5.41) is 22.9. The van der Waals surface area contributed by atoms with Crippen LogP contribution in [0.5, 0.6) is 5.75 Å². The molecule has 1 fully saturated rings. The normalized spacial score (nSPS) is 22.3. The van der Waals surface area contributed by atoms with E-state index in [0.29, 0.717) is 12.2 Å². The minimum atomic E-state index is -0.951. The molecule has 1 aromatic heterocycles. The number of hydrogen-bond donors (Lipinski definition) is 2.